The molecule has 0 bridgehead atoms. The molecule has 108 valence electrons. The van der Waals surface area contributed by atoms with Crippen LogP contribution in [-0.4, -0.2) is 23.7 Å². The second-order valence-electron chi connectivity index (χ2n) is 4.52. The highest BCUT2D eigenvalue weighted by molar-refractivity contribution is 5.36. The zero-order valence-corrected chi connectivity index (χ0v) is 11.0. The van der Waals surface area contributed by atoms with Crippen molar-refractivity contribution in [2.75, 3.05) is 6.61 Å². The van der Waals surface area contributed by atoms with Gasteiger partial charge in [0.15, 0.2) is 0 Å². The summed E-state index contributed by atoms with van der Waals surface area (Å²) in [7, 11) is 0. The predicted molar refractivity (Wildman–Crippen MR) is 63.8 cm³/mol. The molecule has 0 aliphatic carbocycles. The van der Waals surface area contributed by atoms with E-state index in [1.807, 2.05) is 0 Å². The maximum atomic E-state index is 12.3. The lowest BCUT2D eigenvalue weighted by atomic mass is 9.94. The average Bonchev–Trinajstić information content (AvgIpc) is 2.26. The van der Waals surface area contributed by atoms with Crippen LogP contribution in [0.15, 0.2) is 24.3 Å². The Morgan fingerprint density at radius 1 is 1.21 bits per heavy atom. The first kappa shape index (κ1) is 15.8. The number of rotatable bonds is 5. The van der Waals surface area contributed by atoms with Gasteiger partial charge in [0.2, 0.25) is 0 Å². The van der Waals surface area contributed by atoms with Gasteiger partial charge in [-0.25, -0.2) is 0 Å². The third kappa shape index (κ3) is 4.40. The number of aliphatic hydroxyl groups is 1. The minimum atomic E-state index is -4.80. The molecule has 0 aromatic heterocycles. The van der Waals surface area contributed by atoms with Crippen molar-refractivity contribution < 1.29 is 27.8 Å². The summed E-state index contributed by atoms with van der Waals surface area (Å²) < 4.78 is 46.1. The van der Waals surface area contributed by atoms with Crippen LogP contribution in [0, 0.1) is 0 Å². The Balaban J connectivity index is 3.06. The molecule has 0 radical (unpaired) electrons. The summed E-state index contributed by atoms with van der Waals surface area (Å²) in [4.78, 5) is 0. The molecule has 0 fully saturated rings. The maximum Gasteiger partial charge on any atom is 0.573 e. The van der Waals surface area contributed by atoms with E-state index >= 15 is 0 Å². The lowest BCUT2D eigenvalue weighted by Crippen LogP contribution is -2.33. The molecule has 1 aromatic rings. The monoisotopic (exact) mass is 278 g/mol. The van der Waals surface area contributed by atoms with Crippen molar-refractivity contribution in [2.24, 2.45) is 0 Å². The van der Waals surface area contributed by atoms with Crippen LogP contribution in [0.5, 0.6) is 5.75 Å². The van der Waals surface area contributed by atoms with E-state index in [2.05, 4.69) is 4.74 Å². The first-order valence-electron chi connectivity index (χ1n) is 5.84. The summed E-state index contributed by atoms with van der Waals surface area (Å²) in [6, 6.07) is 5.48. The molecular weight excluding hydrogens is 261 g/mol. The van der Waals surface area contributed by atoms with E-state index in [1.54, 1.807) is 20.8 Å². The Kier molecular flexibility index (Phi) is 4.81. The summed E-state index contributed by atoms with van der Waals surface area (Å²) >= 11 is 0. The summed E-state index contributed by atoms with van der Waals surface area (Å²) in [5.74, 6) is -0.421. The fourth-order valence-electron chi connectivity index (χ4n) is 1.75. The Morgan fingerprint density at radius 2 is 1.79 bits per heavy atom. The highest BCUT2D eigenvalue weighted by Gasteiger charge is 2.36. The number of alkyl halides is 3. The molecule has 0 heterocycles. The molecule has 19 heavy (non-hydrogen) atoms. The largest absolute Gasteiger partial charge is 0.573 e. The highest BCUT2D eigenvalue weighted by Crippen LogP contribution is 2.36. The molecule has 1 N–H and O–H groups in total. The van der Waals surface area contributed by atoms with Crippen LogP contribution in [0.1, 0.15) is 32.4 Å². The van der Waals surface area contributed by atoms with Crippen LogP contribution < -0.4 is 4.74 Å². The second kappa shape index (κ2) is 5.79. The van der Waals surface area contributed by atoms with Gasteiger partial charge in [0, 0.05) is 12.2 Å². The van der Waals surface area contributed by atoms with E-state index in [4.69, 9.17) is 4.74 Å². The number of benzene rings is 1. The minimum Gasteiger partial charge on any atom is -0.405 e. The van der Waals surface area contributed by atoms with Crippen molar-refractivity contribution >= 4 is 0 Å². The lowest BCUT2D eigenvalue weighted by Gasteiger charge is -2.31. The molecule has 0 saturated heterocycles. The Bertz CT molecular complexity index is 416. The zero-order chi connectivity index (χ0) is 14.7. The SMILES string of the molecule is CCOC(C)(C)C(O)c1ccccc1OC(F)(F)F. The molecule has 1 rings (SSSR count). The van der Waals surface area contributed by atoms with Gasteiger partial charge in [0.05, 0.1) is 5.60 Å². The van der Waals surface area contributed by atoms with E-state index in [-0.39, 0.29) is 5.56 Å². The smallest absolute Gasteiger partial charge is 0.405 e. The summed E-state index contributed by atoms with van der Waals surface area (Å²) in [6.45, 7) is 5.29. The molecule has 1 unspecified atom stereocenters. The predicted octanol–water partition coefficient (Wildman–Crippen LogP) is 3.43. The lowest BCUT2D eigenvalue weighted by molar-refractivity contribution is -0.275. The molecule has 0 aliphatic heterocycles. The van der Waals surface area contributed by atoms with Crippen molar-refractivity contribution in [1.82, 2.24) is 0 Å². The molecule has 6 heteroatoms. The van der Waals surface area contributed by atoms with Crippen molar-refractivity contribution in [3.05, 3.63) is 29.8 Å². The zero-order valence-electron chi connectivity index (χ0n) is 11.0. The normalized spacial score (nSPS) is 14.3. The summed E-state index contributed by atoms with van der Waals surface area (Å²) in [5, 5.41) is 10.2. The number of hydrogen-bond acceptors (Lipinski definition) is 3. The Labute approximate surface area is 110 Å². The van der Waals surface area contributed by atoms with E-state index < -0.39 is 23.8 Å². The van der Waals surface area contributed by atoms with Crippen LogP contribution in [0.25, 0.3) is 0 Å². The highest BCUT2D eigenvalue weighted by atomic mass is 19.4. The number of para-hydroxylation sites is 1. The molecular formula is C13H17F3O3. The van der Waals surface area contributed by atoms with Crippen molar-refractivity contribution in [3.63, 3.8) is 0 Å². The second-order valence-corrected chi connectivity index (χ2v) is 4.52. The van der Waals surface area contributed by atoms with Crippen LogP contribution in [0.3, 0.4) is 0 Å². The van der Waals surface area contributed by atoms with E-state index in [0.717, 1.165) is 6.07 Å². The van der Waals surface area contributed by atoms with Crippen molar-refractivity contribution in [3.8, 4) is 5.75 Å². The first-order valence-corrected chi connectivity index (χ1v) is 5.84. The molecule has 1 atom stereocenters. The van der Waals surface area contributed by atoms with Gasteiger partial charge in [-0.2, -0.15) is 0 Å². The summed E-state index contributed by atoms with van der Waals surface area (Å²) in [6.07, 6.45) is -6.03. The summed E-state index contributed by atoms with van der Waals surface area (Å²) in [5.41, 5.74) is -0.974. The van der Waals surface area contributed by atoms with Gasteiger partial charge in [-0.05, 0) is 26.8 Å². The number of hydrogen-bond donors (Lipinski definition) is 1. The fraction of sp³-hybridized carbons (Fsp3) is 0.538. The van der Waals surface area contributed by atoms with Crippen LogP contribution in [-0.2, 0) is 4.74 Å². The standard InChI is InChI=1S/C13H17F3O3/c1-4-18-12(2,3)11(17)9-7-5-6-8-10(9)19-13(14,15)16/h5-8,11,17H,4H2,1-3H3. The quantitative estimate of drug-likeness (QED) is 0.896. The Hall–Kier alpha value is -1.27. The van der Waals surface area contributed by atoms with E-state index in [0.29, 0.717) is 6.61 Å². The molecule has 1 aromatic carbocycles. The Morgan fingerprint density at radius 3 is 2.32 bits per heavy atom. The van der Waals surface area contributed by atoms with Crippen LogP contribution in [0.4, 0.5) is 13.2 Å². The molecule has 0 spiro atoms. The molecule has 0 amide bonds. The average molecular weight is 278 g/mol. The van der Waals surface area contributed by atoms with Crippen LogP contribution in [0.2, 0.25) is 0 Å². The van der Waals surface area contributed by atoms with E-state index in [9.17, 15) is 18.3 Å². The van der Waals surface area contributed by atoms with Gasteiger partial charge in [-0.1, -0.05) is 18.2 Å². The third-order valence-corrected chi connectivity index (χ3v) is 2.61. The topological polar surface area (TPSA) is 38.7 Å². The van der Waals surface area contributed by atoms with Gasteiger partial charge < -0.3 is 14.6 Å². The fourth-order valence-corrected chi connectivity index (χ4v) is 1.75. The van der Waals surface area contributed by atoms with Gasteiger partial charge in [0.1, 0.15) is 11.9 Å². The van der Waals surface area contributed by atoms with Crippen molar-refractivity contribution in [2.45, 2.75) is 38.8 Å². The molecule has 0 saturated carbocycles. The number of aliphatic hydroxyl groups excluding tert-OH is 1. The van der Waals surface area contributed by atoms with E-state index in [1.165, 1.54) is 18.2 Å². The minimum absolute atomic E-state index is 0.0401. The first-order chi connectivity index (χ1) is 8.67. The van der Waals surface area contributed by atoms with Gasteiger partial charge in [-0.3, -0.25) is 0 Å². The molecule has 3 nitrogen and oxygen atoms in total. The van der Waals surface area contributed by atoms with Gasteiger partial charge >= 0.3 is 6.36 Å². The number of halogens is 3. The van der Waals surface area contributed by atoms with Gasteiger partial charge in [-0.15, -0.1) is 13.2 Å². The van der Waals surface area contributed by atoms with Crippen LogP contribution >= 0.6 is 0 Å². The van der Waals surface area contributed by atoms with Crippen molar-refractivity contribution in [1.29, 1.82) is 0 Å². The maximum absolute atomic E-state index is 12.3. The molecule has 0 aliphatic rings. The van der Waals surface area contributed by atoms with Gasteiger partial charge in [0.25, 0.3) is 0 Å². The number of ether oxygens (including phenoxy) is 2. The third-order valence-electron chi connectivity index (χ3n) is 2.61.